The first-order chi connectivity index (χ1) is 9.06. The number of anilines is 1. The van der Waals surface area contributed by atoms with Crippen LogP contribution < -0.4 is 11.2 Å². The van der Waals surface area contributed by atoms with Crippen LogP contribution >= 0.6 is 27.7 Å². The van der Waals surface area contributed by atoms with Crippen LogP contribution in [0.4, 0.5) is 5.69 Å². The Bertz CT molecular complexity index is 588. The van der Waals surface area contributed by atoms with E-state index in [2.05, 4.69) is 31.4 Å². The molecule has 1 amide bonds. The van der Waals surface area contributed by atoms with Crippen LogP contribution in [-0.4, -0.2) is 26.0 Å². The number of nitrogens with two attached hydrogens (primary N) is 1. The minimum atomic E-state index is -0.328. The fourth-order valence-corrected chi connectivity index (χ4v) is 2.48. The first kappa shape index (κ1) is 13.9. The van der Waals surface area contributed by atoms with Crippen molar-refractivity contribution in [1.29, 1.82) is 0 Å². The lowest BCUT2D eigenvalue weighted by atomic mass is 10.3. The van der Waals surface area contributed by atoms with E-state index in [1.165, 1.54) is 22.8 Å². The number of hydrogen-bond acceptors (Lipinski definition) is 5. The summed E-state index contributed by atoms with van der Waals surface area (Å²) in [6.45, 7) is 1.78. The monoisotopic (exact) mass is 341 g/mol. The Morgan fingerprint density at radius 2 is 2.37 bits per heavy atom. The van der Waals surface area contributed by atoms with E-state index in [0.717, 1.165) is 10.2 Å². The Labute approximate surface area is 122 Å². The molecule has 1 atom stereocenters. The average molecular weight is 342 g/mol. The second kappa shape index (κ2) is 6.07. The zero-order valence-corrected chi connectivity index (χ0v) is 12.5. The van der Waals surface area contributed by atoms with E-state index < -0.39 is 0 Å². The third-order valence-corrected chi connectivity index (χ3v) is 3.85. The number of benzene rings is 1. The van der Waals surface area contributed by atoms with Crippen LogP contribution in [0.3, 0.4) is 0 Å². The van der Waals surface area contributed by atoms with Crippen molar-refractivity contribution >= 4 is 39.3 Å². The number of nitrogens with zero attached hydrogens (tertiary/aromatic N) is 3. The standard InChI is InChI=1S/C11H12BrN5OS/c1-7(19-11-16-14-6-17(11)13)10(18)15-9-4-2-3-8(12)5-9/h2-7H,13H2,1H3,(H,15,18)/t7-/m1/s1. The molecule has 0 saturated carbocycles. The molecular weight excluding hydrogens is 330 g/mol. The van der Waals surface area contributed by atoms with Gasteiger partial charge in [0.25, 0.3) is 0 Å². The summed E-state index contributed by atoms with van der Waals surface area (Å²) < 4.78 is 2.19. The van der Waals surface area contributed by atoms with Crippen molar-refractivity contribution < 1.29 is 4.79 Å². The normalized spacial score (nSPS) is 12.1. The highest BCUT2D eigenvalue weighted by atomic mass is 79.9. The smallest absolute Gasteiger partial charge is 0.237 e. The number of hydrogen-bond donors (Lipinski definition) is 2. The van der Waals surface area contributed by atoms with Crippen LogP contribution in [0, 0.1) is 0 Å². The van der Waals surface area contributed by atoms with Gasteiger partial charge in [-0.3, -0.25) is 4.79 Å². The Balaban J connectivity index is 1.98. The fourth-order valence-electron chi connectivity index (χ4n) is 1.34. The molecule has 0 unspecified atom stereocenters. The fraction of sp³-hybridized carbons (Fsp3) is 0.182. The lowest BCUT2D eigenvalue weighted by Crippen LogP contribution is -2.23. The molecule has 2 aromatic rings. The van der Waals surface area contributed by atoms with Crippen LogP contribution in [0.5, 0.6) is 0 Å². The van der Waals surface area contributed by atoms with Gasteiger partial charge in [-0.25, -0.2) is 4.68 Å². The molecule has 0 aliphatic rings. The highest BCUT2D eigenvalue weighted by molar-refractivity contribution is 9.10. The van der Waals surface area contributed by atoms with Gasteiger partial charge in [-0.05, 0) is 25.1 Å². The molecule has 8 heteroatoms. The predicted molar refractivity (Wildman–Crippen MR) is 78.3 cm³/mol. The summed E-state index contributed by atoms with van der Waals surface area (Å²) >= 11 is 4.60. The molecule has 0 spiro atoms. The maximum absolute atomic E-state index is 12.0. The summed E-state index contributed by atoms with van der Waals surface area (Å²) in [5.41, 5.74) is 0.737. The lowest BCUT2D eigenvalue weighted by Gasteiger charge is -2.11. The zero-order chi connectivity index (χ0) is 13.8. The Kier molecular flexibility index (Phi) is 4.43. The lowest BCUT2D eigenvalue weighted by molar-refractivity contribution is -0.115. The van der Waals surface area contributed by atoms with E-state index in [1.54, 1.807) is 6.92 Å². The maximum Gasteiger partial charge on any atom is 0.237 e. The highest BCUT2D eigenvalue weighted by Crippen LogP contribution is 2.21. The van der Waals surface area contributed by atoms with Gasteiger partial charge >= 0.3 is 0 Å². The molecule has 1 heterocycles. The molecule has 0 fully saturated rings. The van der Waals surface area contributed by atoms with Crippen molar-refractivity contribution in [1.82, 2.24) is 14.9 Å². The van der Waals surface area contributed by atoms with Gasteiger partial charge in [-0.1, -0.05) is 33.8 Å². The number of nitrogens with one attached hydrogen (secondary N) is 1. The maximum atomic E-state index is 12.0. The summed E-state index contributed by atoms with van der Waals surface area (Å²) in [4.78, 5) is 12.0. The van der Waals surface area contributed by atoms with E-state index in [4.69, 9.17) is 5.84 Å². The van der Waals surface area contributed by atoms with Crippen LogP contribution in [0.2, 0.25) is 0 Å². The van der Waals surface area contributed by atoms with Gasteiger partial charge in [0.2, 0.25) is 11.1 Å². The highest BCUT2D eigenvalue weighted by Gasteiger charge is 2.17. The number of nitrogen functional groups attached to an aromatic ring is 1. The number of aromatic nitrogens is 3. The number of halogens is 1. The number of carbonyl (C=O) groups excluding carboxylic acids is 1. The van der Waals surface area contributed by atoms with E-state index in [1.807, 2.05) is 24.3 Å². The van der Waals surface area contributed by atoms with Crippen molar-refractivity contribution in [2.24, 2.45) is 0 Å². The van der Waals surface area contributed by atoms with Crippen LogP contribution in [0.25, 0.3) is 0 Å². The van der Waals surface area contributed by atoms with Gasteiger partial charge in [-0.2, -0.15) is 0 Å². The molecule has 0 aliphatic carbocycles. The number of amides is 1. The topological polar surface area (TPSA) is 85.8 Å². The molecule has 1 aromatic heterocycles. The minimum absolute atomic E-state index is 0.119. The van der Waals surface area contributed by atoms with E-state index in [-0.39, 0.29) is 11.2 Å². The largest absolute Gasteiger partial charge is 0.336 e. The number of thioether (sulfide) groups is 1. The third kappa shape index (κ3) is 3.71. The number of rotatable bonds is 4. The Morgan fingerprint density at radius 3 is 3.00 bits per heavy atom. The molecule has 0 radical (unpaired) electrons. The van der Waals surface area contributed by atoms with Gasteiger partial charge in [0.1, 0.15) is 6.33 Å². The SMILES string of the molecule is C[C@@H](Sc1nncn1N)C(=O)Nc1cccc(Br)c1. The van der Waals surface area contributed by atoms with Crippen molar-refractivity contribution in [3.05, 3.63) is 35.1 Å². The first-order valence-electron chi connectivity index (χ1n) is 5.44. The summed E-state index contributed by atoms with van der Waals surface area (Å²) in [5, 5.41) is 10.5. The van der Waals surface area contributed by atoms with Gasteiger partial charge in [0, 0.05) is 10.2 Å². The summed E-state index contributed by atoms with van der Waals surface area (Å²) in [5.74, 6) is 5.48. The van der Waals surface area contributed by atoms with E-state index in [9.17, 15) is 4.79 Å². The molecule has 0 saturated heterocycles. The van der Waals surface area contributed by atoms with Crippen molar-refractivity contribution in [2.75, 3.05) is 11.2 Å². The first-order valence-corrected chi connectivity index (χ1v) is 7.11. The van der Waals surface area contributed by atoms with Crippen molar-refractivity contribution in [3.8, 4) is 0 Å². The molecule has 19 heavy (non-hydrogen) atoms. The molecule has 100 valence electrons. The Morgan fingerprint density at radius 1 is 1.58 bits per heavy atom. The molecule has 3 N–H and O–H groups in total. The van der Waals surface area contributed by atoms with Crippen molar-refractivity contribution in [2.45, 2.75) is 17.3 Å². The Hall–Kier alpha value is -1.54. The molecule has 0 bridgehead atoms. The second-order valence-corrected chi connectivity index (χ2v) is 6.00. The van der Waals surface area contributed by atoms with Gasteiger partial charge in [0.15, 0.2) is 0 Å². The second-order valence-electron chi connectivity index (χ2n) is 3.78. The average Bonchev–Trinajstić information content (AvgIpc) is 2.75. The predicted octanol–water partition coefficient (Wildman–Crippen LogP) is 1.87. The minimum Gasteiger partial charge on any atom is -0.336 e. The van der Waals surface area contributed by atoms with Crippen LogP contribution in [0.15, 0.2) is 40.2 Å². The zero-order valence-electron chi connectivity index (χ0n) is 10.1. The van der Waals surface area contributed by atoms with E-state index in [0.29, 0.717) is 5.16 Å². The van der Waals surface area contributed by atoms with Crippen LogP contribution in [-0.2, 0) is 4.79 Å². The molecule has 1 aromatic carbocycles. The summed E-state index contributed by atoms with van der Waals surface area (Å²) in [7, 11) is 0. The molecule has 2 rings (SSSR count). The van der Waals surface area contributed by atoms with Gasteiger partial charge in [0.05, 0.1) is 5.25 Å². The molecule has 0 aliphatic heterocycles. The quantitative estimate of drug-likeness (QED) is 0.654. The molecule has 6 nitrogen and oxygen atoms in total. The van der Waals surface area contributed by atoms with Gasteiger partial charge < -0.3 is 11.2 Å². The summed E-state index contributed by atoms with van der Waals surface area (Å²) in [6.07, 6.45) is 1.39. The molecular formula is C11H12BrN5OS. The third-order valence-electron chi connectivity index (χ3n) is 2.28. The van der Waals surface area contributed by atoms with Crippen molar-refractivity contribution in [3.63, 3.8) is 0 Å². The number of carbonyl (C=O) groups is 1. The van der Waals surface area contributed by atoms with Crippen LogP contribution in [0.1, 0.15) is 6.92 Å². The summed E-state index contributed by atoms with van der Waals surface area (Å²) in [6, 6.07) is 7.41. The van der Waals surface area contributed by atoms with Gasteiger partial charge in [-0.15, -0.1) is 10.2 Å². The van der Waals surface area contributed by atoms with E-state index >= 15 is 0 Å².